The van der Waals surface area contributed by atoms with Gasteiger partial charge in [0.15, 0.2) is 6.61 Å². The van der Waals surface area contributed by atoms with E-state index in [9.17, 15) is 22.8 Å². The first kappa shape index (κ1) is 23.0. The fraction of sp³-hybridized carbons (Fsp3) is 0.250. The molecule has 3 amide bonds. The van der Waals surface area contributed by atoms with Crippen molar-refractivity contribution in [3.8, 4) is 0 Å². The van der Waals surface area contributed by atoms with Crippen LogP contribution in [0.25, 0.3) is 0 Å². The van der Waals surface area contributed by atoms with Crippen molar-refractivity contribution >= 4 is 33.6 Å². The van der Waals surface area contributed by atoms with Crippen LogP contribution in [0, 0.1) is 20.8 Å². The molecule has 0 atom stereocenters. The number of imide groups is 1. The van der Waals surface area contributed by atoms with E-state index in [2.05, 4.69) is 10.0 Å². The quantitative estimate of drug-likeness (QED) is 0.571. The highest BCUT2D eigenvalue weighted by Gasteiger charge is 2.17. The van der Waals surface area contributed by atoms with Crippen LogP contribution in [0.2, 0.25) is 0 Å². The van der Waals surface area contributed by atoms with E-state index >= 15 is 0 Å². The molecular weight excluding hydrogens is 410 g/mol. The summed E-state index contributed by atoms with van der Waals surface area (Å²) in [6.07, 6.45) is 0. The van der Waals surface area contributed by atoms with Gasteiger partial charge in [0.1, 0.15) is 6.54 Å². The number of hydrogen-bond donors (Lipinski definition) is 3. The van der Waals surface area contributed by atoms with Crippen molar-refractivity contribution in [3.63, 3.8) is 0 Å². The van der Waals surface area contributed by atoms with Crippen molar-refractivity contribution in [1.29, 1.82) is 0 Å². The third-order valence-electron chi connectivity index (χ3n) is 4.21. The molecule has 0 heterocycles. The van der Waals surface area contributed by atoms with Crippen LogP contribution in [0.5, 0.6) is 0 Å². The molecule has 160 valence electrons. The smallest absolute Gasteiger partial charge is 0.325 e. The fourth-order valence-corrected chi connectivity index (χ4v) is 3.32. The molecule has 0 saturated carbocycles. The van der Waals surface area contributed by atoms with E-state index < -0.39 is 41.1 Å². The Bertz CT molecular complexity index is 1050. The third-order valence-corrected chi connectivity index (χ3v) is 5.62. The van der Waals surface area contributed by atoms with Crippen molar-refractivity contribution in [3.05, 3.63) is 59.2 Å². The molecule has 0 fully saturated rings. The number of benzene rings is 2. The highest BCUT2D eigenvalue weighted by atomic mass is 32.2. The first-order valence-corrected chi connectivity index (χ1v) is 10.5. The Hall–Kier alpha value is -3.24. The maximum atomic E-state index is 12.1. The summed E-state index contributed by atoms with van der Waals surface area (Å²) in [6, 6.07) is 10.6. The Kier molecular flexibility index (Phi) is 7.67. The molecule has 3 N–H and O–H groups in total. The lowest BCUT2D eigenvalue weighted by atomic mass is 10.1. The minimum absolute atomic E-state index is 0.00163. The lowest BCUT2D eigenvalue weighted by Crippen LogP contribution is -2.38. The van der Waals surface area contributed by atoms with Crippen LogP contribution >= 0.6 is 0 Å². The predicted molar refractivity (Wildman–Crippen MR) is 110 cm³/mol. The van der Waals surface area contributed by atoms with Gasteiger partial charge in [0.05, 0.1) is 4.90 Å². The maximum Gasteiger partial charge on any atom is 0.325 e. The first-order chi connectivity index (χ1) is 14.1. The van der Waals surface area contributed by atoms with Gasteiger partial charge in [-0.2, -0.15) is 4.72 Å². The van der Waals surface area contributed by atoms with Crippen LogP contribution < -0.4 is 15.4 Å². The standard InChI is InChI=1S/C20H23N3O6S/c1-13-7-9-16(10-8-13)30(27,28)21-11-19(25)29-12-18(24)23-20(26)22-17-6-4-5-14(2)15(17)3/h4-10,21H,11-12H2,1-3H3,(H2,22,23,24,26). The SMILES string of the molecule is Cc1ccc(S(=O)(=O)NCC(=O)OCC(=O)NC(=O)Nc2cccc(C)c2C)cc1. The van der Waals surface area contributed by atoms with E-state index in [1.54, 1.807) is 24.3 Å². The number of carbonyl (C=O) groups is 3. The second kappa shape index (κ2) is 9.99. The lowest BCUT2D eigenvalue weighted by Gasteiger charge is -2.11. The Morgan fingerprint density at radius 2 is 1.63 bits per heavy atom. The molecule has 0 aliphatic rings. The third kappa shape index (κ3) is 6.68. The van der Waals surface area contributed by atoms with E-state index in [-0.39, 0.29) is 4.90 Å². The highest BCUT2D eigenvalue weighted by Crippen LogP contribution is 2.17. The number of esters is 1. The summed E-state index contributed by atoms with van der Waals surface area (Å²) in [7, 11) is -3.89. The van der Waals surface area contributed by atoms with E-state index in [0.29, 0.717) is 5.69 Å². The summed E-state index contributed by atoms with van der Waals surface area (Å²) in [4.78, 5) is 35.4. The number of ether oxygens (including phenoxy) is 1. The summed E-state index contributed by atoms with van der Waals surface area (Å²) in [5.41, 5.74) is 3.26. The van der Waals surface area contributed by atoms with Gasteiger partial charge in [-0.3, -0.25) is 14.9 Å². The second-order valence-electron chi connectivity index (χ2n) is 6.55. The van der Waals surface area contributed by atoms with E-state index in [1.807, 2.05) is 32.2 Å². The molecule has 2 aromatic carbocycles. The fourth-order valence-electron chi connectivity index (χ4n) is 2.35. The number of amides is 3. The molecule has 30 heavy (non-hydrogen) atoms. The lowest BCUT2D eigenvalue weighted by molar-refractivity contribution is -0.147. The van der Waals surface area contributed by atoms with Gasteiger partial charge in [-0.15, -0.1) is 0 Å². The van der Waals surface area contributed by atoms with Crippen LogP contribution in [0.15, 0.2) is 47.4 Å². The van der Waals surface area contributed by atoms with Crippen LogP contribution in [0.4, 0.5) is 10.5 Å². The number of hydrogen-bond acceptors (Lipinski definition) is 6. The molecule has 0 spiro atoms. The minimum Gasteiger partial charge on any atom is -0.455 e. The number of nitrogens with one attached hydrogen (secondary N) is 3. The average molecular weight is 433 g/mol. The molecule has 0 aromatic heterocycles. The zero-order chi connectivity index (χ0) is 22.3. The maximum absolute atomic E-state index is 12.1. The number of urea groups is 1. The normalized spacial score (nSPS) is 10.9. The average Bonchev–Trinajstić information content (AvgIpc) is 2.68. The topological polar surface area (TPSA) is 131 Å². The summed E-state index contributed by atoms with van der Waals surface area (Å²) in [5.74, 6) is -1.82. The molecule has 2 aromatic rings. The molecule has 9 nitrogen and oxygen atoms in total. The predicted octanol–water partition coefficient (Wildman–Crippen LogP) is 1.78. The van der Waals surface area contributed by atoms with Gasteiger partial charge >= 0.3 is 12.0 Å². The molecule has 0 saturated heterocycles. The zero-order valence-electron chi connectivity index (χ0n) is 16.8. The summed E-state index contributed by atoms with van der Waals surface area (Å²) >= 11 is 0. The Labute approximate surface area is 174 Å². The van der Waals surface area contributed by atoms with Crippen LogP contribution in [0.1, 0.15) is 16.7 Å². The summed E-state index contributed by atoms with van der Waals surface area (Å²) < 4.78 is 31.0. The number of rotatable bonds is 7. The second-order valence-corrected chi connectivity index (χ2v) is 8.32. The number of aryl methyl sites for hydroxylation is 2. The highest BCUT2D eigenvalue weighted by molar-refractivity contribution is 7.89. The van der Waals surface area contributed by atoms with E-state index in [4.69, 9.17) is 4.74 Å². The molecular formula is C20H23N3O6S. The molecule has 10 heteroatoms. The molecule has 0 aliphatic carbocycles. The molecule has 0 bridgehead atoms. The van der Waals surface area contributed by atoms with Crippen molar-refractivity contribution in [1.82, 2.24) is 10.0 Å². The van der Waals surface area contributed by atoms with Crippen molar-refractivity contribution in [2.75, 3.05) is 18.5 Å². The van der Waals surface area contributed by atoms with Crippen molar-refractivity contribution in [2.45, 2.75) is 25.7 Å². The summed E-state index contributed by atoms with van der Waals surface area (Å²) in [6.45, 7) is 4.14. The van der Waals surface area contributed by atoms with Gasteiger partial charge in [0, 0.05) is 5.69 Å². The van der Waals surface area contributed by atoms with E-state index in [0.717, 1.165) is 16.7 Å². The van der Waals surface area contributed by atoms with Gasteiger partial charge in [0.2, 0.25) is 10.0 Å². The van der Waals surface area contributed by atoms with Gasteiger partial charge in [-0.1, -0.05) is 29.8 Å². The molecule has 0 radical (unpaired) electrons. The molecule has 2 rings (SSSR count). The van der Waals surface area contributed by atoms with Crippen LogP contribution in [-0.2, 0) is 24.3 Å². The van der Waals surface area contributed by atoms with Crippen molar-refractivity contribution < 1.29 is 27.5 Å². The van der Waals surface area contributed by atoms with Crippen LogP contribution in [-0.4, -0.2) is 39.5 Å². The van der Waals surface area contributed by atoms with Gasteiger partial charge in [-0.25, -0.2) is 13.2 Å². The molecule has 0 aliphatic heterocycles. The Balaban J connectivity index is 1.77. The van der Waals surface area contributed by atoms with Gasteiger partial charge < -0.3 is 10.1 Å². The Morgan fingerprint density at radius 1 is 0.967 bits per heavy atom. The van der Waals surface area contributed by atoms with Crippen LogP contribution in [0.3, 0.4) is 0 Å². The summed E-state index contributed by atoms with van der Waals surface area (Å²) in [5, 5.41) is 4.56. The first-order valence-electron chi connectivity index (χ1n) is 8.97. The monoisotopic (exact) mass is 433 g/mol. The minimum atomic E-state index is -3.89. The zero-order valence-corrected chi connectivity index (χ0v) is 17.6. The number of sulfonamides is 1. The van der Waals surface area contributed by atoms with E-state index in [1.165, 1.54) is 12.1 Å². The largest absolute Gasteiger partial charge is 0.455 e. The van der Waals surface area contributed by atoms with Crippen molar-refractivity contribution in [2.24, 2.45) is 0 Å². The number of anilines is 1. The molecule has 0 unspecified atom stereocenters. The van der Waals surface area contributed by atoms with Gasteiger partial charge in [0.25, 0.3) is 5.91 Å². The number of carbonyl (C=O) groups excluding carboxylic acids is 3. The van der Waals surface area contributed by atoms with Gasteiger partial charge in [-0.05, 0) is 50.1 Å². The Morgan fingerprint density at radius 3 is 2.30 bits per heavy atom.